The third kappa shape index (κ3) is 1.52. The lowest BCUT2D eigenvalue weighted by Crippen LogP contribution is -2.15. The van der Waals surface area contributed by atoms with Gasteiger partial charge in [-0.25, -0.2) is 0 Å². The molecule has 1 aromatic heterocycles. The average molecular weight is 152 g/mol. The number of nitrogens with one attached hydrogen (secondary N) is 1. The average Bonchev–Trinajstić information content (AvgIpc) is 2.50. The van der Waals surface area contributed by atoms with Gasteiger partial charge in [-0.2, -0.15) is 5.10 Å². The Morgan fingerprint density at radius 2 is 2.36 bits per heavy atom. The van der Waals surface area contributed by atoms with Crippen LogP contribution in [0.2, 0.25) is 0 Å². The summed E-state index contributed by atoms with van der Waals surface area (Å²) in [6.07, 6.45) is 0.956. The van der Waals surface area contributed by atoms with Gasteiger partial charge in [0.15, 0.2) is 5.84 Å². The summed E-state index contributed by atoms with van der Waals surface area (Å²) < 4.78 is 0. The normalized spacial score (nSPS) is 11.9. The number of aromatic amines is 1. The van der Waals surface area contributed by atoms with Crippen LogP contribution in [0.4, 0.5) is 0 Å². The summed E-state index contributed by atoms with van der Waals surface area (Å²) >= 11 is 0. The van der Waals surface area contributed by atoms with Crippen LogP contribution < -0.4 is 11.6 Å². The highest BCUT2D eigenvalue weighted by Crippen LogP contribution is 2.01. The van der Waals surface area contributed by atoms with Gasteiger partial charge in [-0.15, -0.1) is 0 Å². The molecule has 5 N–H and O–H groups in total. The highest BCUT2D eigenvalue weighted by molar-refractivity contribution is 5.95. The lowest BCUT2D eigenvalue weighted by Gasteiger charge is -1.93. The van der Waals surface area contributed by atoms with Crippen LogP contribution in [0, 0.1) is 0 Å². The quantitative estimate of drug-likeness (QED) is 0.244. The molecule has 0 aliphatic carbocycles. The first kappa shape index (κ1) is 7.65. The van der Waals surface area contributed by atoms with E-state index in [-0.39, 0.29) is 0 Å². The molecule has 0 amide bonds. The molecule has 0 saturated carbocycles. The van der Waals surface area contributed by atoms with E-state index in [1.54, 1.807) is 0 Å². The van der Waals surface area contributed by atoms with Crippen molar-refractivity contribution in [3.63, 3.8) is 0 Å². The van der Waals surface area contributed by atoms with Gasteiger partial charge in [0.25, 0.3) is 0 Å². The first-order valence-corrected chi connectivity index (χ1v) is 3.49. The number of hydrazone groups is 1. The third-order valence-electron chi connectivity index (χ3n) is 1.54. The minimum Gasteiger partial charge on any atom is -0.381 e. The molecule has 0 radical (unpaired) electrons. The Morgan fingerprint density at radius 3 is 2.82 bits per heavy atom. The van der Waals surface area contributed by atoms with Crippen LogP contribution in [0.1, 0.15) is 18.3 Å². The zero-order valence-corrected chi connectivity index (χ0v) is 6.46. The number of aromatic nitrogens is 1. The van der Waals surface area contributed by atoms with Gasteiger partial charge in [0, 0.05) is 5.69 Å². The van der Waals surface area contributed by atoms with E-state index in [2.05, 4.69) is 17.0 Å². The molecule has 0 aliphatic rings. The Hall–Kier alpha value is -1.45. The van der Waals surface area contributed by atoms with Crippen LogP contribution in [0.5, 0.6) is 0 Å². The predicted octanol–water partition coefficient (Wildman–Crippen LogP) is 0.156. The van der Waals surface area contributed by atoms with E-state index in [1.807, 2.05) is 12.1 Å². The molecule has 0 saturated heterocycles. The Kier molecular flexibility index (Phi) is 2.15. The molecule has 0 aliphatic heterocycles. The van der Waals surface area contributed by atoms with Crippen LogP contribution in [0.3, 0.4) is 0 Å². The van der Waals surface area contributed by atoms with Crippen LogP contribution >= 0.6 is 0 Å². The zero-order valence-electron chi connectivity index (χ0n) is 6.46. The van der Waals surface area contributed by atoms with Gasteiger partial charge in [-0.3, -0.25) is 0 Å². The summed E-state index contributed by atoms with van der Waals surface area (Å²) in [6.45, 7) is 2.06. The van der Waals surface area contributed by atoms with Gasteiger partial charge in [-0.05, 0) is 18.6 Å². The molecule has 0 aromatic carbocycles. The second-order valence-electron chi connectivity index (χ2n) is 2.27. The predicted molar refractivity (Wildman–Crippen MR) is 45.1 cm³/mol. The fourth-order valence-corrected chi connectivity index (χ4v) is 0.865. The first-order chi connectivity index (χ1) is 5.27. The maximum atomic E-state index is 5.46. The Balaban J connectivity index is 2.89. The van der Waals surface area contributed by atoms with Gasteiger partial charge in [0.1, 0.15) is 0 Å². The molecule has 1 rings (SSSR count). The van der Waals surface area contributed by atoms with Crippen molar-refractivity contribution >= 4 is 5.84 Å². The van der Waals surface area contributed by atoms with Crippen LogP contribution in [0.15, 0.2) is 17.2 Å². The summed E-state index contributed by atoms with van der Waals surface area (Å²) in [6, 6.07) is 3.83. The molecule has 11 heavy (non-hydrogen) atoms. The lowest BCUT2D eigenvalue weighted by atomic mass is 10.3. The molecular formula is C7H12N4. The van der Waals surface area contributed by atoms with Crippen LogP contribution in [-0.4, -0.2) is 10.8 Å². The molecule has 0 atom stereocenters. The summed E-state index contributed by atoms with van der Waals surface area (Å²) in [5.74, 6) is 5.34. The van der Waals surface area contributed by atoms with Gasteiger partial charge < -0.3 is 16.6 Å². The molecule has 60 valence electrons. The van der Waals surface area contributed by atoms with E-state index in [9.17, 15) is 0 Å². The molecule has 0 bridgehead atoms. The number of amidine groups is 1. The maximum Gasteiger partial charge on any atom is 0.166 e. The van der Waals surface area contributed by atoms with Gasteiger partial charge in [-0.1, -0.05) is 6.92 Å². The minimum atomic E-state index is 0.338. The van der Waals surface area contributed by atoms with E-state index in [0.717, 1.165) is 17.8 Å². The maximum absolute atomic E-state index is 5.46. The van der Waals surface area contributed by atoms with Crippen molar-refractivity contribution in [2.75, 3.05) is 0 Å². The molecule has 0 unspecified atom stereocenters. The fraction of sp³-hybridized carbons (Fsp3) is 0.286. The van der Waals surface area contributed by atoms with Crippen LogP contribution in [-0.2, 0) is 6.42 Å². The monoisotopic (exact) mass is 152 g/mol. The standard InChI is InChI=1S/C7H12N4/c1-2-5-3-4-6(10-5)7(8)11-9/h3-4,10H,2,9H2,1H3,(H2,8,11). The highest BCUT2D eigenvalue weighted by atomic mass is 15.2. The number of rotatable bonds is 2. The van der Waals surface area contributed by atoms with E-state index >= 15 is 0 Å². The van der Waals surface area contributed by atoms with Crippen molar-refractivity contribution in [1.82, 2.24) is 4.98 Å². The molecule has 0 spiro atoms. The minimum absolute atomic E-state index is 0.338. The van der Waals surface area contributed by atoms with Gasteiger partial charge >= 0.3 is 0 Å². The van der Waals surface area contributed by atoms with Gasteiger partial charge in [0.05, 0.1) is 5.69 Å². The Bertz CT molecular complexity index is 261. The van der Waals surface area contributed by atoms with E-state index in [1.165, 1.54) is 0 Å². The van der Waals surface area contributed by atoms with Gasteiger partial charge in [0.2, 0.25) is 0 Å². The van der Waals surface area contributed by atoms with Crippen molar-refractivity contribution < 1.29 is 0 Å². The molecule has 1 aromatic rings. The van der Waals surface area contributed by atoms with E-state index in [4.69, 9.17) is 11.6 Å². The SMILES string of the molecule is CCc1ccc(C(N)=NN)[nH]1. The summed E-state index contributed by atoms with van der Waals surface area (Å²) in [5.41, 5.74) is 7.37. The van der Waals surface area contributed by atoms with Crippen molar-refractivity contribution in [1.29, 1.82) is 0 Å². The summed E-state index contributed by atoms with van der Waals surface area (Å²) in [4.78, 5) is 3.08. The molecule has 4 nitrogen and oxygen atoms in total. The number of nitrogens with zero attached hydrogens (tertiary/aromatic N) is 1. The number of hydrogen-bond acceptors (Lipinski definition) is 2. The van der Waals surface area contributed by atoms with Crippen molar-refractivity contribution in [3.8, 4) is 0 Å². The number of hydrogen-bond donors (Lipinski definition) is 3. The summed E-state index contributed by atoms with van der Waals surface area (Å²) in [5, 5.41) is 3.37. The second kappa shape index (κ2) is 3.09. The van der Waals surface area contributed by atoms with Crippen molar-refractivity contribution in [2.24, 2.45) is 16.7 Å². The Labute approximate surface area is 65.3 Å². The molecule has 1 heterocycles. The van der Waals surface area contributed by atoms with E-state index in [0.29, 0.717) is 5.84 Å². The third-order valence-corrected chi connectivity index (χ3v) is 1.54. The smallest absolute Gasteiger partial charge is 0.166 e. The summed E-state index contributed by atoms with van der Waals surface area (Å²) in [7, 11) is 0. The number of aryl methyl sites for hydroxylation is 1. The number of H-pyrrole nitrogens is 1. The number of nitrogens with two attached hydrogens (primary N) is 2. The van der Waals surface area contributed by atoms with Crippen molar-refractivity contribution in [2.45, 2.75) is 13.3 Å². The fourth-order valence-electron chi connectivity index (χ4n) is 0.865. The Morgan fingerprint density at radius 1 is 1.64 bits per heavy atom. The largest absolute Gasteiger partial charge is 0.381 e. The topological polar surface area (TPSA) is 80.2 Å². The molecule has 4 heteroatoms. The van der Waals surface area contributed by atoms with Crippen LogP contribution in [0.25, 0.3) is 0 Å². The second-order valence-corrected chi connectivity index (χ2v) is 2.27. The van der Waals surface area contributed by atoms with E-state index < -0.39 is 0 Å². The molecule has 0 fully saturated rings. The molecular weight excluding hydrogens is 140 g/mol. The highest BCUT2D eigenvalue weighted by Gasteiger charge is 1.99. The first-order valence-electron chi connectivity index (χ1n) is 3.49. The van der Waals surface area contributed by atoms with Crippen molar-refractivity contribution in [3.05, 3.63) is 23.5 Å². The zero-order chi connectivity index (χ0) is 8.27. The lowest BCUT2D eigenvalue weighted by molar-refractivity contribution is 1.06.